The van der Waals surface area contributed by atoms with Crippen LogP contribution in [0.4, 0.5) is 0 Å². The highest BCUT2D eigenvalue weighted by Gasteiger charge is 2.47. The maximum Gasteiger partial charge on any atom is 0.324 e. The number of hydrogen-bond acceptors (Lipinski definition) is 5. The van der Waals surface area contributed by atoms with Gasteiger partial charge in [0.05, 0.1) is 18.6 Å². The fourth-order valence-electron chi connectivity index (χ4n) is 3.42. The molecule has 2 rings (SSSR count). The van der Waals surface area contributed by atoms with E-state index in [2.05, 4.69) is 0 Å². The lowest BCUT2D eigenvalue weighted by molar-refractivity contribution is -0.169. The van der Waals surface area contributed by atoms with Gasteiger partial charge in [0.25, 0.3) is 0 Å². The Balaban J connectivity index is 2.46. The molecule has 29 heavy (non-hydrogen) atoms. The molecule has 0 fully saturated rings. The van der Waals surface area contributed by atoms with Crippen molar-refractivity contribution >= 4 is 11.9 Å². The van der Waals surface area contributed by atoms with Gasteiger partial charge in [-0.25, -0.2) is 0 Å². The standard InChI is InChI=1S/C24H31NO4/c1-5-28-22(26)21(24(3,4)23(27)29-6-2)25(17-19-13-9-7-10-14-19)18-20-15-11-8-12-16-20/h7-16,21H,5-6,17-18H2,1-4H3/t21-/m1/s1. The lowest BCUT2D eigenvalue weighted by Crippen LogP contribution is -2.54. The first-order valence-corrected chi connectivity index (χ1v) is 10.1. The molecule has 0 saturated heterocycles. The Morgan fingerprint density at radius 2 is 1.28 bits per heavy atom. The predicted octanol–water partition coefficient (Wildman–Crippen LogP) is 4.21. The zero-order valence-corrected chi connectivity index (χ0v) is 17.8. The molecule has 0 N–H and O–H groups in total. The van der Waals surface area contributed by atoms with Crippen LogP contribution in [-0.2, 0) is 32.2 Å². The summed E-state index contributed by atoms with van der Waals surface area (Å²) in [6, 6.07) is 19.0. The third kappa shape index (κ3) is 6.16. The number of carbonyl (C=O) groups excluding carboxylic acids is 2. The van der Waals surface area contributed by atoms with Crippen molar-refractivity contribution in [3.8, 4) is 0 Å². The minimum atomic E-state index is -1.08. The molecule has 0 spiro atoms. The van der Waals surface area contributed by atoms with E-state index in [4.69, 9.17) is 9.47 Å². The molecule has 0 amide bonds. The van der Waals surface area contributed by atoms with Crippen LogP contribution in [0.15, 0.2) is 60.7 Å². The molecule has 2 aromatic carbocycles. The summed E-state index contributed by atoms with van der Waals surface area (Å²) in [5, 5.41) is 0. The van der Waals surface area contributed by atoms with Crippen molar-refractivity contribution in [2.24, 2.45) is 5.41 Å². The summed E-state index contributed by atoms with van der Waals surface area (Å²) in [6.07, 6.45) is 0. The molecule has 5 nitrogen and oxygen atoms in total. The third-order valence-electron chi connectivity index (χ3n) is 4.82. The summed E-state index contributed by atoms with van der Waals surface area (Å²) in [5.74, 6) is -0.832. The van der Waals surface area contributed by atoms with Crippen molar-refractivity contribution < 1.29 is 19.1 Å². The van der Waals surface area contributed by atoms with Crippen molar-refractivity contribution in [1.82, 2.24) is 4.90 Å². The van der Waals surface area contributed by atoms with Crippen LogP contribution in [0.5, 0.6) is 0 Å². The highest BCUT2D eigenvalue weighted by Crippen LogP contribution is 2.31. The van der Waals surface area contributed by atoms with Crippen LogP contribution >= 0.6 is 0 Å². The van der Waals surface area contributed by atoms with Gasteiger partial charge in [-0.15, -0.1) is 0 Å². The topological polar surface area (TPSA) is 55.8 Å². The number of nitrogens with zero attached hydrogens (tertiary/aromatic N) is 1. The molecule has 0 aromatic heterocycles. The van der Waals surface area contributed by atoms with E-state index >= 15 is 0 Å². The summed E-state index contributed by atoms with van der Waals surface area (Å²) in [7, 11) is 0. The maximum absolute atomic E-state index is 13.0. The minimum Gasteiger partial charge on any atom is -0.466 e. The van der Waals surface area contributed by atoms with Gasteiger partial charge in [-0.1, -0.05) is 60.7 Å². The highest BCUT2D eigenvalue weighted by molar-refractivity contribution is 5.87. The Morgan fingerprint density at radius 1 is 0.828 bits per heavy atom. The molecule has 156 valence electrons. The quantitative estimate of drug-likeness (QED) is 0.562. The number of hydrogen-bond donors (Lipinski definition) is 0. The van der Waals surface area contributed by atoms with Crippen LogP contribution in [-0.4, -0.2) is 36.1 Å². The van der Waals surface area contributed by atoms with E-state index < -0.39 is 23.4 Å². The Labute approximate surface area is 173 Å². The van der Waals surface area contributed by atoms with Crippen LogP contribution in [0.1, 0.15) is 38.8 Å². The molecular formula is C24H31NO4. The van der Waals surface area contributed by atoms with E-state index in [0.717, 1.165) is 11.1 Å². The average Bonchev–Trinajstić information content (AvgIpc) is 2.70. The van der Waals surface area contributed by atoms with Gasteiger partial charge in [0.15, 0.2) is 0 Å². The van der Waals surface area contributed by atoms with Gasteiger partial charge in [-0.05, 0) is 38.8 Å². The predicted molar refractivity (Wildman–Crippen MR) is 113 cm³/mol. The second-order valence-electron chi connectivity index (χ2n) is 7.47. The molecule has 1 atom stereocenters. The van der Waals surface area contributed by atoms with Crippen molar-refractivity contribution in [3.05, 3.63) is 71.8 Å². The second kappa shape index (κ2) is 10.8. The Hall–Kier alpha value is -2.66. The number of carbonyl (C=O) groups is 2. The first kappa shape index (κ1) is 22.6. The molecule has 0 radical (unpaired) electrons. The molecule has 0 aliphatic carbocycles. The van der Waals surface area contributed by atoms with Gasteiger partial charge in [0, 0.05) is 13.1 Å². The van der Waals surface area contributed by atoms with Crippen LogP contribution in [0.2, 0.25) is 0 Å². The van der Waals surface area contributed by atoms with Crippen molar-refractivity contribution in [3.63, 3.8) is 0 Å². The van der Waals surface area contributed by atoms with Gasteiger partial charge in [-0.3, -0.25) is 14.5 Å². The molecule has 0 aliphatic rings. The first-order valence-electron chi connectivity index (χ1n) is 10.1. The van der Waals surface area contributed by atoms with Gasteiger partial charge in [0.1, 0.15) is 6.04 Å². The smallest absolute Gasteiger partial charge is 0.324 e. The van der Waals surface area contributed by atoms with Gasteiger partial charge in [0.2, 0.25) is 0 Å². The van der Waals surface area contributed by atoms with Crippen LogP contribution in [0.3, 0.4) is 0 Å². The summed E-state index contributed by atoms with van der Waals surface area (Å²) in [4.78, 5) is 27.8. The van der Waals surface area contributed by atoms with Gasteiger partial charge < -0.3 is 9.47 Å². The van der Waals surface area contributed by atoms with Gasteiger partial charge >= 0.3 is 11.9 Å². The molecule has 0 heterocycles. The Kier molecular flexibility index (Phi) is 8.40. The molecule has 0 aliphatic heterocycles. The summed E-state index contributed by atoms with van der Waals surface area (Å²) in [5.41, 5.74) is 1.03. The number of esters is 2. The fraction of sp³-hybridized carbons (Fsp3) is 0.417. The summed E-state index contributed by atoms with van der Waals surface area (Å²) in [6.45, 7) is 8.53. The van der Waals surface area contributed by atoms with E-state index in [1.165, 1.54) is 0 Å². The lowest BCUT2D eigenvalue weighted by atomic mass is 9.82. The van der Waals surface area contributed by atoms with Crippen LogP contribution in [0.25, 0.3) is 0 Å². The largest absolute Gasteiger partial charge is 0.466 e. The van der Waals surface area contributed by atoms with Crippen molar-refractivity contribution in [1.29, 1.82) is 0 Å². The molecule has 0 unspecified atom stereocenters. The number of ether oxygens (including phenoxy) is 2. The summed E-state index contributed by atoms with van der Waals surface area (Å²) >= 11 is 0. The molecule has 0 saturated carbocycles. The Morgan fingerprint density at radius 3 is 1.69 bits per heavy atom. The second-order valence-corrected chi connectivity index (χ2v) is 7.47. The molecule has 5 heteroatoms. The average molecular weight is 398 g/mol. The first-order chi connectivity index (χ1) is 13.9. The zero-order valence-electron chi connectivity index (χ0n) is 17.8. The van der Waals surface area contributed by atoms with Crippen LogP contribution in [0, 0.1) is 5.41 Å². The van der Waals surface area contributed by atoms with Crippen molar-refractivity contribution in [2.75, 3.05) is 13.2 Å². The minimum absolute atomic E-state index is 0.249. The van der Waals surface area contributed by atoms with Gasteiger partial charge in [-0.2, -0.15) is 0 Å². The number of benzene rings is 2. The van der Waals surface area contributed by atoms with Crippen molar-refractivity contribution in [2.45, 2.75) is 46.8 Å². The maximum atomic E-state index is 13.0. The zero-order chi connectivity index (χ0) is 21.3. The van der Waals surface area contributed by atoms with E-state index in [1.807, 2.05) is 65.6 Å². The Bertz CT molecular complexity index is 732. The molecule has 2 aromatic rings. The molecular weight excluding hydrogens is 366 g/mol. The van der Waals surface area contributed by atoms with E-state index in [-0.39, 0.29) is 13.2 Å². The third-order valence-corrected chi connectivity index (χ3v) is 4.82. The normalized spacial score (nSPS) is 12.4. The lowest BCUT2D eigenvalue weighted by Gasteiger charge is -2.38. The SMILES string of the molecule is CCOC(=O)[C@@H](N(Cc1ccccc1)Cc1ccccc1)C(C)(C)C(=O)OCC. The molecule has 0 bridgehead atoms. The monoisotopic (exact) mass is 397 g/mol. The van der Waals surface area contributed by atoms with E-state index in [9.17, 15) is 9.59 Å². The fourth-order valence-corrected chi connectivity index (χ4v) is 3.42. The van der Waals surface area contributed by atoms with E-state index in [0.29, 0.717) is 13.1 Å². The van der Waals surface area contributed by atoms with E-state index in [1.54, 1.807) is 27.7 Å². The number of rotatable bonds is 10. The van der Waals surface area contributed by atoms with Crippen LogP contribution < -0.4 is 0 Å². The highest BCUT2D eigenvalue weighted by atomic mass is 16.5. The summed E-state index contributed by atoms with van der Waals surface area (Å²) < 4.78 is 10.7.